The van der Waals surface area contributed by atoms with Crippen molar-refractivity contribution in [2.75, 3.05) is 26.3 Å². The highest BCUT2D eigenvalue weighted by Crippen LogP contribution is 2.38. The average molecular weight is 622 g/mol. The fraction of sp³-hybridized carbons (Fsp3) is 0.441. The van der Waals surface area contributed by atoms with Gasteiger partial charge in [-0.3, -0.25) is 19.3 Å². The maximum atomic E-state index is 12.1. The van der Waals surface area contributed by atoms with Gasteiger partial charge in [-0.15, -0.1) is 11.3 Å². The maximum Gasteiger partial charge on any atom is 0.304 e. The Morgan fingerprint density at radius 2 is 1.66 bits per heavy atom. The van der Waals surface area contributed by atoms with Crippen LogP contribution in [-0.2, 0) is 51.0 Å². The molecule has 0 saturated carbocycles. The van der Waals surface area contributed by atoms with Crippen molar-refractivity contribution in [3.05, 3.63) is 81.7 Å². The van der Waals surface area contributed by atoms with Crippen LogP contribution in [0.2, 0.25) is 0 Å². The van der Waals surface area contributed by atoms with Gasteiger partial charge in [0.15, 0.2) is 6.10 Å². The van der Waals surface area contributed by atoms with Crippen LogP contribution < -0.4 is 0 Å². The molecule has 0 radical (unpaired) electrons. The second-order valence-corrected chi connectivity index (χ2v) is 12.4. The van der Waals surface area contributed by atoms with Crippen molar-refractivity contribution in [1.29, 1.82) is 0 Å². The minimum Gasteiger partial charge on any atom is -0.458 e. The number of nitrogens with zero attached hydrogens (tertiary/aromatic N) is 1. The molecular formula is C34H39NO8S. The number of rotatable bonds is 9. The quantitative estimate of drug-likeness (QED) is 0.231. The number of ether oxygens (including phenoxy) is 5. The molecule has 3 heterocycles. The van der Waals surface area contributed by atoms with Crippen LogP contribution in [0.5, 0.6) is 0 Å². The lowest BCUT2D eigenvalue weighted by atomic mass is 9.92. The first-order valence-corrected chi connectivity index (χ1v) is 15.7. The lowest BCUT2D eigenvalue weighted by Crippen LogP contribution is -2.48. The number of aryl methyl sites for hydroxylation is 1. The number of carbonyl (C=O) groups is 3. The van der Waals surface area contributed by atoms with E-state index in [0.717, 1.165) is 49.5 Å². The van der Waals surface area contributed by atoms with Gasteiger partial charge < -0.3 is 23.7 Å². The van der Waals surface area contributed by atoms with Crippen LogP contribution in [0, 0.1) is 6.92 Å². The maximum absolute atomic E-state index is 12.1. The van der Waals surface area contributed by atoms with E-state index in [4.69, 9.17) is 23.7 Å². The number of esters is 3. The zero-order valence-corrected chi connectivity index (χ0v) is 26.4. The van der Waals surface area contributed by atoms with Gasteiger partial charge in [-0.05, 0) is 52.9 Å². The number of carbonyl (C=O) groups excluding carboxylic acids is 3. The summed E-state index contributed by atoms with van der Waals surface area (Å²) in [5, 5.41) is 0. The monoisotopic (exact) mass is 621 g/mol. The van der Waals surface area contributed by atoms with E-state index in [1.54, 1.807) is 11.3 Å². The van der Waals surface area contributed by atoms with Crippen LogP contribution in [-0.4, -0.2) is 67.6 Å². The van der Waals surface area contributed by atoms with Gasteiger partial charge in [0.05, 0.1) is 19.6 Å². The zero-order chi connectivity index (χ0) is 31.2. The van der Waals surface area contributed by atoms with Gasteiger partial charge in [-0.2, -0.15) is 0 Å². The van der Waals surface area contributed by atoms with Gasteiger partial charge in [0.25, 0.3) is 0 Å². The summed E-state index contributed by atoms with van der Waals surface area (Å²) >= 11 is 1.76. The third-order valence-corrected chi connectivity index (χ3v) is 8.89. The van der Waals surface area contributed by atoms with Gasteiger partial charge in [0.1, 0.15) is 12.2 Å². The Bertz CT molecular complexity index is 1480. The smallest absolute Gasteiger partial charge is 0.304 e. The van der Waals surface area contributed by atoms with Crippen molar-refractivity contribution in [2.45, 2.75) is 71.7 Å². The predicted octanol–water partition coefficient (Wildman–Crippen LogP) is 5.36. The third-order valence-electron chi connectivity index (χ3n) is 7.75. The second-order valence-electron chi connectivity index (χ2n) is 11.3. The van der Waals surface area contributed by atoms with E-state index < -0.39 is 42.5 Å². The molecular weight excluding hydrogens is 582 g/mol. The van der Waals surface area contributed by atoms with E-state index in [9.17, 15) is 14.4 Å². The molecule has 5 rings (SSSR count). The van der Waals surface area contributed by atoms with Crippen molar-refractivity contribution < 1.29 is 38.1 Å². The number of thiophene rings is 1. The van der Waals surface area contributed by atoms with Crippen molar-refractivity contribution >= 4 is 29.2 Å². The molecule has 2 saturated heterocycles. The van der Waals surface area contributed by atoms with E-state index in [0.29, 0.717) is 6.42 Å². The summed E-state index contributed by atoms with van der Waals surface area (Å²) in [5.41, 5.74) is 5.41. The molecule has 0 amide bonds. The first-order valence-electron chi connectivity index (χ1n) is 14.9. The molecule has 2 aliphatic heterocycles. The summed E-state index contributed by atoms with van der Waals surface area (Å²) in [6.07, 6.45) is -2.77. The molecule has 2 fully saturated rings. The molecule has 0 bridgehead atoms. The van der Waals surface area contributed by atoms with E-state index in [2.05, 4.69) is 48.2 Å². The van der Waals surface area contributed by atoms with E-state index in [1.165, 1.54) is 41.7 Å². The molecule has 0 spiro atoms. The van der Waals surface area contributed by atoms with Crippen LogP contribution in [0.1, 0.15) is 60.4 Å². The lowest BCUT2D eigenvalue weighted by Gasteiger charge is -2.40. The largest absolute Gasteiger partial charge is 0.458 e. The molecule has 10 heteroatoms. The molecule has 2 aromatic carbocycles. The Kier molecular flexibility index (Phi) is 10.5. The van der Waals surface area contributed by atoms with Crippen molar-refractivity contribution in [3.63, 3.8) is 0 Å². The van der Waals surface area contributed by atoms with E-state index >= 15 is 0 Å². The zero-order valence-electron chi connectivity index (χ0n) is 25.6. The third kappa shape index (κ3) is 8.32. The van der Waals surface area contributed by atoms with Crippen LogP contribution in [0.4, 0.5) is 0 Å². The van der Waals surface area contributed by atoms with Crippen molar-refractivity contribution in [3.8, 4) is 10.4 Å². The molecule has 0 N–H and O–H groups in total. The summed E-state index contributed by atoms with van der Waals surface area (Å²) in [5.74, 6) is -1.58. The summed E-state index contributed by atoms with van der Waals surface area (Å²) in [7, 11) is 0. The number of hydrogen-bond donors (Lipinski definition) is 0. The highest BCUT2D eigenvalue weighted by Gasteiger charge is 2.45. The molecule has 1 aromatic heterocycles. The Morgan fingerprint density at radius 1 is 0.909 bits per heavy atom. The molecule has 2 unspecified atom stereocenters. The highest BCUT2D eigenvalue weighted by atomic mass is 32.1. The van der Waals surface area contributed by atoms with Gasteiger partial charge in [0.2, 0.25) is 6.29 Å². The first kappa shape index (κ1) is 31.8. The Labute approximate surface area is 262 Å². The minimum absolute atomic E-state index is 0.0535. The standard InChI is InChI=1S/C34H39NO8S/c1-21-8-9-27(33-34(42-24(4)38)30(40-22(2)36)19-32(43-33)41-23(3)37)17-28(21)18-29-10-11-31(44-29)26-7-5-6-25(16-26)20-35-12-14-39-15-13-35/h5-11,16-17,30,32-34H,12-15,18-20H2,1-4H3/t30-,32-,33?,34?/m0/s1. The SMILES string of the molecule is CC(=O)OC1C(c2ccc(C)c(Cc3ccc(-c4cccc(CN5CCOCC5)c4)s3)c2)O[C@H](OC(C)=O)C[C@@H]1OC(C)=O. The molecule has 0 aliphatic carbocycles. The molecule has 3 aromatic rings. The fourth-order valence-electron chi connectivity index (χ4n) is 5.72. The topological polar surface area (TPSA) is 101 Å². The average Bonchev–Trinajstić information content (AvgIpc) is 3.44. The number of morpholine rings is 1. The molecule has 2 aliphatic rings. The predicted molar refractivity (Wildman–Crippen MR) is 165 cm³/mol. The fourth-order valence-corrected chi connectivity index (χ4v) is 6.74. The molecule has 234 valence electrons. The van der Waals surface area contributed by atoms with Gasteiger partial charge >= 0.3 is 17.9 Å². The summed E-state index contributed by atoms with van der Waals surface area (Å²) in [4.78, 5) is 40.6. The van der Waals surface area contributed by atoms with Crippen LogP contribution in [0.3, 0.4) is 0 Å². The van der Waals surface area contributed by atoms with Crippen LogP contribution >= 0.6 is 11.3 Å². The van der Waals surface area contributed by atoms with Gasteiger partial charge in [0, 0.05) is 56.6 Å². The van der Waals surface area contributed by atoms with Crippen molar-refractivity contribution in [2.24, 2.45) is 0 Å². The summed E-state index contributed by atoms with van der Waals surface area (Å²) in [6, 6.07) is 19.0. The van der Waals surface area contributed by atoms with Crippen LogP contribution in [0.15, 0.2) is 54.6 Å². The Morgan fingerprint density at radius 3 is 2.39 bits per heavy atom. The normalized spacial score (nSPS) is 22.3. The highest BCUT2D eigenvalue weighted by molar-refractivity contribution is 7.15. The molecule has 4 atom stereocenters. The van der Waals surface area contributed by atoms with E-state index in [1.807, 2.05) is 18.2 Å². The minimum atomic E-state index is -0.961. The van der Waals surface area contributed by atoms with Crippen molar-refractivity contribution in [1.82, 2.24) is 4.90 Å². The molecule has 44 heavy (non-hydrogen) atoms. The Hall–Kier alpha value is -3.57. The number of benzene rings is 2. The van der Waals surface area contributed by atoms with E-state index in [-0.39, 0.29) is 6.42 Å². The second kappa shape index (κ2) is 14.5. The molecule has 9 nitrogen and oxygen atoms in total. The lowest BCUT2D eigenvalue weighted by molar-refractivity contribution is -0.256. The van der Waals surface area contributed by atoms with Gasteiger partial charge in [-0.25, -0.2) is 0 Å². The first-order chi connectivity index (χ1) is 21.1. The summed E-state index contributed by atoms with van der Waals surface area (Å²) in [6.45, 7) is 10.3. The Balaban J connectivity index is 1.37. The van der Waals surface area contributed by atoms with Crippen LogP contribution in [0.25, 0.3) is 10.4 Å². The van der Waals surface area contributed by atoms with Gasteiger partial charge in [-0.1, -0.05) is 36.4 Å². The summed E-state index contributed by atoms with van der Waals surface area (Å²) < 4.78 is 28.2. The number of hydrogen-bond acceptors (Lipinski definition) is 10.